The molecule has 2 aromatic rings. The third-order valence-corrected chi connectivity index (χ3v) is 4.62. The van der Waals surface area contributed by atoms with Crippen molar-refractivity contribution in [1.29, 1.82) is 0 Å². The van der Waals surface area contributed by atoms with Crippen LogP contribution >= 0.6 is 23.2 Å². The fraction of sp³-hybridized carbons (Fsp3) is 0.333. The van der Waals surface area contributed by atoms with Gasteiger partial charge in [0.1, 0.15) is 17.1 Å². The molecule has 25 heavy (non-hydrogen) atoms. The first-order chi connectivity index (χ1) is 11.6. The van der Waals surface area contributed by atoms with Crippen molar-refractivity contribution in [2.75, 3.05) is 7.11 Å². The molecular formula is C18H19Cl2NO4. The number of carbonyl (C=O) groups excluding carboxylic acids is 2. The second-order valence-electron chi connectivity index (χ2n) is 6.13. The Morgan fingerprint density at radius 3 is 2.24 bits per heavy atom. The number of halogens is 2. The lowest BCUT2D eigenvalue weighted by molar-refractivity contribution is -0.138. The van der Waals surface area contributed by atoms with Gasteiger partial charge in [-0.3, -0.25) is 14.4 Å². The van der Waals surface area contributed by atoms with Crippen LogP contribution in [-0.4, -0.2) is 29.4 Å². The first-order valence-electron chi connectivity index (χ1n) is 7.55. The largest absolute Gasteiger partial charge is 0.466 e. The highest BCUT2D eigenvalue weighted by Crippen LogP contribution is 2.28. The standard InChI is InChI=1S/C18H19Cl2NO4/c1-10-8-13(11(2)25-10)17(23)21(24-5)18(3,4)16(22)12-6-7-14(19)15(20)9-12/h6-9H,1-5H3. The molecule has 1 aromatic carbocycles. The van der Waals surface area contributed by atoms with Crippen LogP contribution in [0.4, 0.5) is 0 Å². The Kier molecular flexibility index (Phi) is 5.62. The van der Waals surface area contributed by atoms with Gasteiger partial charge in [-0.2, -0.15) is 0 Å². The van der Waals surface area contributed by atoms with Gasteiger partial charge in [0.25, 0.3) is 5.91 Å². The summed E-state index contributed by atoms with van der Waals surface area (Å²) in [5.41, 5.74) is -0.607. The molecule has 0 aliphatic rings. The summed E-state index contributed by atoms with van der Waals surface area (Å²) < 4.78 is 5.40. The minimum absolute atomic E-state index is 0.264. The van der Waals surface area contributed by atoms with E-state index in [9.17, 15) is 9.59 Å². The Balaban J connectivity index is 2.40. The Bertz CT molecular complexity index is 826. The van der Waals surface area contributed by atoms with Gasteiger partial charge in [0.15, 0.2) is 5.78 Å². The minimum atomic E-state index is -1.28. The number of Topliss-reactive ketones (excluding diaryl/α,β-unsaturated/α-hetero) is 1. The van der Waals surface area contributed by atoms with Crippen molar-refractivity contribution in [2.24, 2.45) is 0 Å². The zero-order valence-corrected chi connectivity index (χ0v) is 16.2. The highest BCUT2D eigenvalue weighted by atomic mass is 35.5. The molecule has 1 heterocycles. The smallest absolute Gasteiger partial charge is 0.281 e. The molecule has 0 bridgehead atoms. The molecule has 0 saturated heterocycles. The maximum atomic E-state index is 13.0. The molecule has 134 valence electrons. The van der Waals surface area contributed by atoms with E-state index in [4.69, 9.17) is 32.5 Å². The first-order valence-corrected chi connectivity index (χ1v) is 8.30. The molecule has 0 spiro atoms. The Morgan fingerprint density at radius 2 is 1.76 bits per heavy atom. The monoisotopic (exact) mass is 383 g/mol. The van der Waals surface area contributed by atoms with E-state index in [0.717, 1.165) is 5.06 Å². The quantitative estimate of drug-likeness (QED) is 0.545. The summed E-state index contributed by atoms with van der Waals surface area (Å²) in [7, 11) is 1.34. The number of nitrogens with zero attached hydrogens (tertiary/aromatic N) is 1. The minimum Gasteiger partial charge on any atom is -0.466 e. The van der Waals surface area contributed by atoms with E-state index in [0.29, 0.717) is 27.7 Å². The maximum absolute atomic E-state index is 13.0. The zero-order valence-electron chi connectivity index (χ0n) is 14.6. The van der Waals surface area contributed by atoms with Crippen molar-refractivity contribution >= 4 is 34.9 Å². The van der Waals surface area contributed by atoms with Crippen LogP contribution in [0.3, 0.4) is 0 Å². The molecular weight excluding hydrogens is 365 g/mol. The van der Waals surface area contributed by atoms with Crippen molar-refractivity contribution in [3.63, 3.8) is 0 Å². The molecule has 7 heteroatoms. The molecule has 0 atom stereocenters. The summed E-state index contributed by atoms with van der Waals surface area (Å²) in [6.45, 7) is 6.62. The normalized spacial score (nSPS) is 11.5. The van der Waals surface area contributed by atoms with Crippen LogP contribution in [0.15, 0.2) is 28.7 Å². The van der Waals surface area contributed by atoms with Crippen LogP contribution in [0.1, 0.15) is 46.1 Å². The summed E-state index contributed by atoms with van der Waals surface area (Å²) in [4.78, 5) is 31.1. The summed E-state index contributed by atoms with van der Waals surface area (Å²) in [6, 6.07) is 6.18. The molecule has 0 fully saturated rings. The second-order valence-corrected chi connectivity index (χ2v) is 6.94. The number of hydrogen-bond acceptors (Lipinski definition) is 4. The van der Waals surface area contributed by atoms with Crippen molar-refractivity contribution in [2.45, 2.75) is 33.2 Å². The van der Waals surface area contributed by atoms with Crippen LogP contribution in [0.25, 0.3) is 0 Å². The van der Waals surface area contributed by atoms with Gasteiger partial charge in [0, 0.05) is 5.56 Å². The average Bonchev–Trinajstić information content (AvgIpc) is 2.88. The van der Waals surface area contributed by atoms with Gasteiger partial charge < -0.3 is 4.42 Å². The van der Waals surface area contributed by atoms with Crippen molar-refractivity contribution in [3.05, 3.63) is 57.0 Å². The van der Waals surface area contributed by atoms with Gasteiger partial charge in [-0.05, 0) is 52.0 Å². The van der Waals surface area contributed by atoms with Crippen LogP contribution in [-0.2, 0) is 4.84 Å². The van der Waals surface area contributed by atoms with Gasteiger partial charge in [0.05, 0.1) is 22.7 Å². The molecule has 2 rings (SSSR count). The third kappa shape index (κ3) is 3.73. The van der Waals surface area contributed by atoms with Gasteiger partial charge >= 0.3 is 0 Å². The number of furan rings is 1. The number of ketones is 1. The fourth-order valence-electron chi connectivity index (χ4n) is 2.60. The van der Waals surface area contributed by atoms with E-state index < -0.39 is 11.4 Å². The molecule has 0 N–H and O–H groups in total. The fourth-order valence-corrected chi connectivity index (χ4v) is 2.90. The Morgan fingerprint density at radius 1 is 1.12 bits per heavy atom. The lowest BCUT2D eigenvalue weighted by atomic mass is 9.92. The second kappa shape index (κ2) is 7.20. The molecule has 0 radical (unpaired) electrons. The summed E-state index contributed by atoms with van der Waals surface area (Å²) in [6.07, 6.45) is 0. The number of carbonyl (C=O) groups is 2. The van der Waals surface area contributed by atoms with Gasteiger partial charge in [-0.25, -0.2) is 5.06 Å². The molecule has 0 saturated carbocycles. The lowest BCUT2D eigenvalue weighted by Gasteiger charge is -2.34. The molecule has 1 amide bonds. The molecule has 0 aliphatic carbocycles. The van der Waals surface area contributed by atoms with Crippen LogP contribution in [0.5, 0.6) is 0 Å². The maximum Gasteiger partial charge on any atom is 0.281 e. The van der Waals surface area contributed by atoms with Crippen LogP contribution < -0.4 is 0 Å². The molecule has 0 aliphatic heterocycles. The highest BCUT2D eigenvalue weighted by Gasteiger charge is 2.40. The zero-order chi connectivity index (χ0) is 18.9. The SMILES string of the molecule is CON(C(=O)c1cc(C)oc1C)C(C)(C)C(=O)c1ccc(Cl)c(Cl)c1. The topological polar surface area (TPSA) is 59.8 Å². The number of rotatable bonds is 5. The Labute approximate surface area is 156 Å². The highest BCUT2D eigenvalue weighted by molar-refractivity contribution is 6.42. The summed E-state index contributed by atoms with van der Waals surface area (Å²) in [5, 5.41) is 1.65. The molecule has 1 aromatic heterocycles. The van der Waals surface area contributed by atoms with Gasteiger partial charge in [0.2, 0.25) is 0 Å². The predicted molar refractivity (Wildman–Crippen MR) is 96.2 cm³/mol. The third-order valence-electron chi connectivity index (χ3n) is 3.88. The molecule has 0 unspecified atom stereocenters. The van der Waals surface area contributed by atoms with Crippen molar-refractivity contribution in [3.8, 4) is 0 Å². The van der Waals surface area contributed by atoms with Gasteiger partial charge in [-0.15, -0.1) is 0 Å². The van der Waals surface area contributed by atoms with Crippen LogP contribution in [0, 0.1) is 13.8 Å². The van der Waals surface area contributed by atoms with Crippen molar-refractivity contribution in [1.82, 2.24) is 5.06 Å². The number of hydroxylamine groups is 2. The number of amides is 1. The number of hydrogen-bond donors (Lipinski definition) is 0. The van der Waals surface area contributed by atoms with E-state index >= 15 is 0 Å². The van der Waals surface area contributed by atoms with E-state index in [1.165, 1.54) is 19.2 Å². The van der Waals surface area contributed by atoms with E-state index in [1.807, 2.05) is 0 Å². The predicted octanol–water partition coefficient (Wildman–Crippen LogP) is 4.87. The van der Waals surface area contributed by atoms with Crippen LogP contribution in [0.2, 0.25) is 10.0 Å². The van der Waals surface area contributed by atoms with Gasteiger partial charge in [-0.1, -0.05) is 23.2 Å². The summed E-state index contributed by atoms with van der Waals surface area (Å²) in [5.74, 6) is 0.266. The first kappa shape index (κ1) is 19.5. The number of aryl methyl sites for hydroxylation is 2. The van der Waals surface area contributed by atoms with E-state index in [1.54, 1.807) is 39.8 Å². The van der Waals surface area contributed by atoms with E-state index in [-0.39, 0.29) is 10.8 Å². The summed E-state index contributed by atoms with van der Waals surface area (Å²) >= 11 is 11.9. The average molecular weight is 384 g/mol. The van der Waals surface area contributed by atoms with Crippen molar-refractivity contribution < 1.29 is 18.8 Å². The van der Waals surface area contributed by atoms with E-state index in [2.05, 4.69) is 0 Å². The lowest BCUT2D eigenvalue weighted by Crippen LogP contribution is -2.52. The Hall–Kier alpha value is -1.82. The molecule has 5 nitrogen and oxygen atoms in total. The number of benzene rings is 1.